The number of hydrogen-bond donors (Lipinski definition) is 2. The van der Waals surface area contributed by atoms with Crippen LogP contribution >= 0.6 is 0 Å². The lowest BCUT2D eigenvalue weighted by Gasteiger charge is -2.23. The highest BCUT2D eigenvalue weighted by Gasteiger charge is 2.41. The summed E-state index contributed by atoms with van der Waals surface area (Å²) in [5.74, 6) is 1.44. The molecule has 0 aromatic heterocycles. The Balaban J connectivity index is 1.73. The molecule has 2 rings (SSSR count). The minimum atomic E-state index is -0.861. The van der Waals surface area contributed by atoms with E-state index in [2.05, 4.69) is 5.32 Å². The van der Waals surface area contributed by atoms with Crippen LogP contribution in [0.25, 0.3) is 0 Å². The maximum Gasteiger partial charge on any atom is 0.317 e. The smallest absolute Gasteiger partial charge is 0.317 e. The molecule has 0 spiro atoms. The topological polar surface area (TPSA) is 69.6 Å². The Morgan fingerprint density at radius 2 is 1.84 bits per heavy atom. The van der Waals surface area contributed by atoms with Crippen molar-refractivity contribution in [1.29, 1.82) is 0 Å². The SMILES string of the molecule is CCN(CCC(=O)O)C(=O)NCC(C1CC1)C1CC1. The van der Waals surface area contributed by atoms with Gasteiger partial charge in [0.05, 0.1) is 6.42 Å². The van der Waals surface area contributed by atoms with E-state index in [1.165, 1.54) is 25.7 Å². The highest BCUT2D eigenvalue weighted by atomic mass is 16.4. The quantitative estimate of drug-likeness (QED) is 0.706. The van der Waals surface area contributed by atoms with Crippen molar-refractivity contribution < 1.29 is 14.7 Å². The van der Waals surface area contributed by atoms with Gasteiger partial charge in [0.1, 0.15) is 0 Å². The van der Waals surface area contributed by atoms with Crippen molar-refractivity contribution in [2.45, 2.75) is 39.0 Å². The summed E-state index contributed by atoms with van der Waals surface area (Å²) in [4.78, 5) is 24.1. The average molecular weight is 268 g/mol. The lowest BCUT2D eigenvalue weighted by molar-refractivity contribution is -0.137. The first-order chi connectivity index (χ1) is 9.11. The minimum absolute atomic E-state index is 0.00986. The summed E-state index contributed by atoms with van der Waals surface area (Å²) in [5, 5.41) is 11.7. The Hall–Kier alpha value is -1.26. The molecule has 108 valence electrons. The van der Waals surface area contributed by atoms with Crippen LogP contribution in [-0.2, 0) is 4.79 Å². The van der Waals surface area contributed by atoms with E-state index >= 15 is 0 Å². The van der Waals surface area contributed by atoms with Crippen LogP contribution in [0.15, 0.2) is 0 Å². The van der Waals surface area contributed by atoms with Gasteiger partial charge in [0.2, 0.25) is 0 Å². The van der Waals surface area contributed by atoms with Gasteiger partial charge in [-0.2, -0.15) is 0 Å². The molecular weight excluding hydrogens is 244 g/mol. The number of carboxylic acid groups (broad SMARTS) is 1. The van der Waals surface area contributed by atoms with Crippen LogP contribution in [0.1, 0.15) is 39.0 Å². The molecule has 2 fully saturated rings. The molecule has 0 unspecified atom stereocenters. The van der Waals surface area contributed by atoms with Gasteiger partial charge in [0.15, 0.2) is 0 Å². The summed E-state index contributed by atoms with van der Waals surface area (Å²) in [5.41, 5.74) is 0. The molecular formula is C14H24N2O3. The van der Waals surface area contributed by atoms with Crippen molar-refractivity contribution in [3.8, 4) is 0 Å². The molecule has 0 aromatic carbocycles. The summed E-state index contributed by atoms with van der Waals surface area (Å²) >= 11 is 0. The fraction of sp³-hybridized carbons (Fsp3) is 0.857. The van der Waals surface area contributed by atoms with Gasteiger partial charge >= 0.3 is 12.0 Å². The molecule has 2 amide bonds. The Labute approximate surface area is 114 Å². The largest absolute Gasteiger partial charge is 0.481 e. The number of aliphatic carboxylic acids is 1. The van der Waals surface area contributed by atoms with E-state index in [0.717, 1.165) is 18.4 Å². The number of urea groups is 1. The first-order valence-electron chi connectivity index (χ1n) is 7.36. The molecule has 5 heteroatoms. The van der Waals surface area contributed by atoms with Gasteiger partial charge in [-0.25, -0.2) is 4.79 Å². The lowest BCUT2D eigenvalue weighted by atomic mass is 9.98. The second-order valence-corrected chi connectivity index (χ2v) is 5.75. The number of hydrogen-bond acceptors (Lipinski definition) is 2. The van der Waals surface area contributed by atoms with Crippen molar-refractivity contribution in [2.75, 3.05) is 19.6 Å². The van der Waals surface area contributed by atoms with E-state index in [0.29, 0.717) is 12.5 Å². The molecule has 0 bridgehead atoms. The zero-order valence-corrected chi connectivity index (χ0v) is 11.6. The summed E-state index contributed by atoms with van der Waals surface area (Å²) in [7, 11) is 0. The molecule has 2 saturated carbocycles. The van der Waals surface area contributed by atoms with Gasteiger partial charge in [-0.1, -0.05) is 0 Å². The van der Waals surface area contributed by atoms with Crippen molar-refractivity contribution in [2.24, 2.45) is 17.8 Å². The third-order valence-electron chi connectivity index (χ3n) is 4.21. The summed E-state index contributed by atoms with van der Waals surface area (Å²) in [6, 6.07) is -0.116. The van der Waals surface area contributed by atoms with Gasteiger partial charge in [-0.15, -0.1) is 0 Å². The van der Waals surface area contributed by atoms with E-state index in [4.69, 9.17) is 5.11 Å². The first-order valence-corrected chi connectivity index (χ1v) is 7.36. The summed E-state index contributed by atoms with van der Waals surface area (Å²) in [6.07, 6.45) is 5.26. The minimum Gasteiger partial charge on any atom is -0.481 e. The maximum atomic E-state index is 12.0. The van der Waals surface area contributed by atoms with Crippen LogP contribution in [0.5, 0.6) is 0 Å². The van der Waals surface area contributed by atoms with E-state index in [-0.39, 0.29) is 19.0 Å². The van der Waals surface area contributed by atoms with Crippen molar-refractivity contribution in [1.82, 2.24) is 10.2 Å². The third-order valence-corrected chi connectivity index (χ3v) is 4.21. The van der Waals surface area contributed by atoms with E-state index in [9.17, 15) is 9.59 Å². The molecule has 0 atom stereocenters. The Bertz CT molecular complexity index is 326. The zero-order chi connectivity index (χ0) is 13.8. The fourth-order valence-corrected chi connectivity index (χ4v) is 2.72. The highest BCUT2D eigenvalue weighted by molar-refractivity contribution is 5.75. The monoisotopic (exact) mass is 268 g/mol. The van der Waals surface area contributed by atoms with Crippen LogP contribution in [-0.4, -0.2) is 41.6 Å². The van der Waals surface area contributed by atoms with E-state index in [1.807, 2.05) is 6.92 Å². The number of amides is 2. The van der Waals surface area contributed by atoms with E-state index < -0.39 is 5.97 Å². The van der Waals surface area contributed by atoms with Crippen LogP contribution in [0.4, 0.5) is 4.79 Å². The molecule has 0 aromatic rings. The summed E-state index contributed by atoms with van der Waals surface area (Å²) < 4.78 is 0. The molecule has 2 N–H and O–H groups in total. The lowest BCUT2D eigenvalue weighted by Crippen LogP contribution is -2.43. The van der Waals surface area contributed by atoms with Gasteiger partial charge in [-0.05, 0) is 50.4 Å². The number of rotatable bonds is 8. The summed E-state index contributed by atoms with van der Waals surface area (Å²) in [6.45, 7) is 3.48. The van der Waals surface area contributed by atoms with Crippen LogP contribution in [0, 0.1) is 17.8 Å². The van der Waals surface area contributed by atoms with Gasteiger partial charge in [0, 0.05) is 19.6 Å². The van der Waals surface area contributed by atoms with Crippen molar-refractivity contribution >= 4 is 12.0 Å². The average Bonchev–Trinajstić information content (AvgIpc) is 3.24. The third kappa shape index (κ3) is 4.40. The molecule has 19 heavy (non-hydrogen) atoms. The van der Waals surface area contributed by atoms with Crippen LogP contribution < -0.4 is 5.32 Å². The highest BCUT2D eigenvalue weighted by Crippen LogP contribution is 2.48. The maximum absolute atomic E-state index is 12.0. The first kappa shape index (κ1) is 14.2. The zero-order valence-electron chi connectivity index (χ0n) is 11.6. The van der Waals surface area contributed by atoms with Gasteiger partial charge < -0.3 is 15.3 Å². The number of carbonyl (C=O) groups excluding carboxylic acids is 1. The van der Waals surface area contributed by atoms with Gasteiger partial charge in [0.25, 0.3) is 0 Å². The molecule has 5 nitrogen and oxygen atoms in total. The molecule has 2 aliphatic rings. The predicted molar refractivity (Wildman–Crippen MR) is 71.8 cm³/mol. The number of nitrogens with one attached hydrogen (secondary N) is 1. The van der Waals surface area contributed by atoms with Crippen LogP contribution in [0.2, 0.25) is 0 Å². The number of carbonyl (C=O) groups is 2. The fourth-order valence-electron chi connectivity index (χ4n) is 2.72. The van der Waals surface area contributed by atoms with Crippen molar-refractivity contribution in [3.63, 3.8) is 0 Å². The second kappa shape index (κ2) is 6.26. The molecule has 2 aliphatic carbocycles. The Morgan fingerprint density at radius 3 is 2.26 bits per heavy atom. The predicted octanol–water partition coefficient (Wildman–Crippen LogP) is 1.93. The Morgan fingerprint density at radius 1 is 1.26 bits per heavy atom. The Kier molecular flexibility index (Phi) is 4.66. The molecule has 0 heterocycles. The second-order valence-electron chi connectivity index (χ2n) is 5.75. The standard InChI is InChI=1S/C14H24N2O3/c1-2-16(8-7-13(17)18)14(19)15-9-12(10-3-4-10)11-5-6-11/h10-12H,2-9H2,1H3,(H,15,19)(H,17,18). The van der Waals surface area contributed by atoms with Gasteiger partial charge in [-0.3, -0.25) is 4.79 Å². The molecule has 0 radical (unpaired) electrons. The number of nitrogens with zero attached hydrogens (tertiary/aromatic N) is 1. The normalized spacial score (nSPS) is 18.4. The number of carboxylic acids is 1. The molecule has 0 saturated heterocycles. The van der Waals surface area contributed by atoms with Crippen LogP contribution in [0.3, 0.4) is 0 Å². The van der Waals surface area contributed by atoms with E-state index in [1.54, 1.807) is 4.90 Å². The van der Waals surface area contributed by atoms with Crippen molar-refractivity contribution in [3.05, 3.63) is 0 Å². The molecule has 0 aliphatic heterocycles.